The van der Waals surface area contributed by atoms with Crippen molar-refractivity contribution in [3.05, 3.63) is 12.2 Å². The van der Waals surface area contributed by atoms with Gasteiger partial charge in [-0.2, -0.15) is 0 Å². The topological polar surface area (TPSA) is 55.8 Å². The predicted octanol–water partition coefficient (Wildman–Crippen LogP) is 1.76. The fraction of sp³-hybridized carbons (Fsp3) is 0.667. The first-order valence-electron chi connectivity index (χ1n) is 4.17. The molecule has 0 spiro atoms. The van der Waals surface area contributed by atoms with Crippen LogP contribution >= 0.6 is 0 Å². The molecule has 4 nitrogen and oxygen atoms in total. The first-order chi connectivity index (χ1) is 6.02. The van der Waals surface area contributed by atoms with Crippen LogP contribution in [0.25, 0.3) is 0 Å². The van der Waals surface area contributed by atoms with Crippen molar-refractivity contribution in [3.8, 4) is 0 Å². The Kier molecular flexibility index (Phi) is 5.34. The van der Waals surface area contributed by atoms with Gasteiger partial charge in [0.15, 0.2) is 0 Å². The highest BCUT2D eigenvalue weighted by Gasteiger charge is 2.13. The van der Waals surface area contributed by atoms with Crippen molar-refractivity contribution in [1.82, 2.24) is 0 Å². The Labute approximate surface area is 78.1 Å². The molecular weight excluding hydrogens is 172 g/mol. The maximum Gasteiger partial charge on any atom is 0.309 e. The number of hydrogen-bond donors (Lipinski definition) is 1. The first kappa shape index (κ1) is 12.1. The fourth-order valence-corrected chi connectivity index (χ4v) is 0.689. The number of esters is 1. The van der Waals surface area contributed by atoms with Crippen molar-refractivity contribution in [3.63, 3.8) is 0 Å². The molecule has 0 aliphatic carbocycles. The van der Waals surface area contributed by atoms with Crippen LogP contribution in [0.4, 0.5) is 0 Å². The van der Waals surface area contributed by atoms with Crippen molar-refractivity contribution >= 4 is 5.97 Å². The largest absolute Gasteiger partial charge is 0.466 e. The number of carbonyl (C=O) groups is 1. The lowest BCUT2D eigenvalue weighted by atomic mass is 10.1. The molecule has 0 heterocycles. The molecule has 0 aromatic rings. The summed E-state index contributed by atoms with van der Waals surface area (Å²) in [5.41, 5.74) is -0.757. The Morgan fingerprint density at radius 3 is 2.62 bits per heavy atom. The molecule has 4 heteroatoms. The van der Waals surface area contributed by atoms with E-state index < -0.39 is 5.60 Å². The molecule has 0 amide bonds. The molecule has 0 aliphatic heterocycles. The smallest absolute Gasteiger partial charge is 0.309 e. The van der Waals surface area contributed by atoms with Crippen LogP contribution in [0.2, 0.25) is 0 Å². The zero-order chi connectivity index (χ0) is 10.3. The molecule has 0 saturated heterocycles. The standard InChI is InChI=1S/C9H16O4/c1-4-12-8(10)6-5-7-9(2,3)13-11/h5,7,11H,4,6H2,1-3H3/b7-5+. The minimum atomic E-state index is -0.757. The second-order valence-corrected chi connectivity index (χ2v) is 3.11. The Balaban J connectivity index is 3.81. The second-order valence-electron chi connectivity index (χ2n) is 3.11. The summed E-state index contributed by atoms with van der Waals surface area (Å²) in [5, 5.41) is 8.40. The van der Waals surface area contributed by atoms with Crippen LogP contribution in [0, 0.1) is 0 Å². The molecule has 1 N–H and O–H groups in total. The number of hydrogen-bond acceptors (Lipinski definition) is 4. The van der Waals surface area contributed by atoms with Gasteiger partial charge < -0.3 is 4.74 Å². The number of rotatable bonds is 5. The lowest BCUT2D eigenvalue weighted by Crippen LogP contribution is -2.18. The highest BCUT2D eigenvalue weighted by Crippen LogP contribution is 2.09. The molecule has 0 unspecified atom stereocenters. The molecular formula is C9H16O4. The van der Waals surface area contributed by atoms with Gasteiger partial charge in [0, 0.05) is 0 Å². The number of carbonyl (C=O) groups excluding carboxylic acids is 1. The van der Waals surface area contributed by atoms with E-state index in [2.05, 4.69) is 4.89 Å². The zero-order valence-corrected chi connectivity index (χ0v) is 8.24. The van der Waals surface area contributed by atoms with Crippen molar-refractivity contribution in [2.24, 2.45) is 0 Å². The summed E-state index contributed by atoms with van der Waals surface area (Å²) >= 11 is 0. The molecule has 0 aliphatic rings. The van der Waals surface area contributed by atoms with E-state index in [9.17, 15) is 4.79 Å². The molecule has 0 saturated carbocycles. The quantitative estimate of drug-likeness (QED) is 0.309. The van der Waals surface area contributed by atoms with E-state index in [4.69, 9.17) is 9.99 Å². The number of ether oxygens (including phenoxy) is 1. The molecule has 0 atom stereocenters. The SMILES string of the molecule is CCOC(=O)C/C=C/C(C)(C)OO. The van der Waals surface area contributed by atoms with Gasteiger partial charge in [-0.1, -0.05) is 12.2 Å². The van der Waals surface area contributed by atoms with E-state index in [-0.39, 0.29) is 12.4 Å². The summed E-state index contributed by atoms with van der Waals surface area (Å²) in [6.07, 6.45) is 3.40. The fourth-order valence-electron chi connectivity index (χ4n) is 0.689. The first-order valence-corrected chi connectivity index (χ1v) is 4.17. The Bertz CT molecular complexity index is 184. The van der Waals surface area contributed by atoms with E-state index in [1.807, 2.05) is 0 Å². The molecule has 0 radical (unpaired) electrons. The predicted molar refractivity (Wildman–Crippen MR) is 48.2 cm³/mol. The minimum absolute atomic E-state index is 0.195. The summed E-state index contributed by atoms with van der Waals surface area (Å²) in [6, 6.07) is 0. The van der Waals surface area contributed by atoms with Gasteiger partial charge in [-0.15, -0.1) is 0 Å². The Hall–Kier alpha value is -0.870. The van der Waals surface area contributed by atoms with E-state index in [1.54, 1.807) is 32.9 Å². The average molecular weight is 188 g/mol. The molecule has 13 heavy (non-hydrogen) atoms. The van der Waals surface area contributed by atoms with Gasteiger partial charge in [-0.3, -0.25) is 10.1 Å². The summed E-state index contributed by atoms with van der Waals surface area (Å²) in [6.45, 7) is 5.48. The van der Waals surface area contributed by atoms with Gasteiger partial charge in [-0.05, 0) is 20.8 Å². The third-order valence-corrected chi connectivity index (χ3v) is 1.34. The minimum Gasteiger partial charge on any atom is -0.466 e. The maximum absolute atomic E-state index is 10.8. The van der Waals surface area contributed by atoms with E-state index in [0.717, 1.165) is 0 Å². The Morgan fingerprint density at radius 2 is 2.15 bits per heavy atom. The van der Waals surface area contributed by atoms with Crippen LogP contribution in [0.1, 0.15) is 27.2 Å². The lowest BCUT2D eigenvalue weighted by Gasteiger charge is -2.14. The van der Waals surface area contributed by atoms with Gasteiger partial charge in [-0.25, -0.2) is 4.89 Å². The van der Waals surface area contributed by atoms with Crippen molar-refractivity contribution < 1.29 is 19.7 Å². The van der Waals surface area contributed by atoms with Crippen LogP contribution < -0.4 is 0 Å². The van der Waals surface area contributed by atoms with Crippen molar-refractivity contribution in [2.45, 2.75) is 32.8 Å². The van der Waals surface area contributed by atoms with Crippen LogP contribution in [0.3, 0.4) is 0 Å². The summed E-state index contributed by atoms with van der Waals surface area (Å²) in [4.78, 5) is 15.0. The normalized spacial score (nSPS) is 12.0. The molecule has 0 rings (SSSR count). The molecule has 0 aromatic carbocycles. The summed E-state index contributed by atoms with van der Waals surface area (Å²) < 4.78 is 4.70. The molecule has 0 aromatic heterocycles. The monoisotopic (exact) mass is 188 g/mol. The third-order valence-electron chi connectivity index (χ3n) is 1.34. The molecule has 0 fully saturated rings. The molecule has 0 bridgehead atoms. The highest BCUT2D eigenvalue weighted by atomic mass is 17.1. The van der Waals surface area contributed by atoms with E-state index in [0.29, 0.717) is 6.61 Å². The van der Waals surface area contributed by atoms with Gasteiger partial charge in [0.2, 0.25) is 0 Å². The van der Waals surface area contributed by atoms with Crippen LogP contribution in [0.15, 0.2) is 12.2 Å². The Morgan fingerprint density at radius 1 is 1.54 bits per heavy atom. The van der Waals surface area contributed by atoms with Crippen molar-refractivity contribution in [2.75, 3.05) is 6.61 Å². The highest BCUT2D eigenvalue weighted by molar-refractivity contribution is 5.71. The second kappa shape index (κ2) is 5.72. The third kappa shape index (κ3) is 6.31. The van der Waals surface area contributed by atoms with E-state index >= 15 is 0 Å². The zero-order valence-electron chi connectivity index (χ0n) is 8.24. The summed E-state index contributed by atoms with van der Waals surface area (Å²) in [5.74, 6) is -0.285. The van der Waals surface area contributed by atoms with Crippen LogP contribution in [-0.2, 0) is 14.4 Å². The van der Waals surface area contributed by atoms with E-state index in [1.165, 1.54) is 0 Å². The van der Waals surface area contributed by atoms with Crippen LogP contribution in [0.5, 0.6) is 0 Å². The van der Waals surface area contributed by atoms with Gasteiger partial charge in [0.05, 0.1) is 13.0 Å². The van der Waals surface area contributed by atoms with Gasteiger partial charge >= 0.3 is 5.97 Å². The lowest BCUT2D eigenvalue weighted by molar-refractivity contribution is -0.297. The molecule has 76 valence electrons. The van der Waals surface area contributed by atoms with Crippen LogP contribution in [-0.4, -0.2) is 23.4 Å². The van der Waals surface area contributed by atoms with Gasteiger partial charge in [0.1, 0.15) is 5.60 Å². The maximum atomic E-state index is 10.8. The van der Waals surface area contributed by atoms with Crippen molar-refractivity contribution in [1.29, 1.82) is 0 Å². The summed E-state index contributed by atoms with van der Waals surface area (Å²) in [7, 11) is 0. The average Bonchev–Trinajstić information content (AvgIpc) is 2.05. The van der Waals surface area contributed by atoms with Gasteiger partial charge in [0.25, 0.3) is 0 Å².